The van der Waals surface area contributed by atoms with Crippen LogP contribution in [0, 0.1) is 0 Å². The van der Waals surface area contributed by atoms with Gasteiger partial charge in [-0.3, -0.25) is 4.79 Å². The summed E-state index contributed by atoms with van der Waals surface area (Å²) < 4.78 is 7.39. The first-order valence-corrected chi connectivity index (χ1v) is 14.5. The van der Waals surface area contributed by atoms with Gasteiger partial charge in [0, 0.05) is 56.2 Å². The molecule has 10 nitrogen and oxygen atoms in total. The van der Waals surface area contributed by atoms with Gasteiger partial charge in [-0.25, -0.2) is 14.6 Å². The lowest BCUT2D eigenvalue weighted by Gasteiger charge is -2.36. The quantitative estimate of drug-likeness (QED) is 0.363. The Morgan fingerprint density at radius 2 is 1.73 bits per heavy atom. The molecule has 0 radical (unpaired) electrons. The number of aromatic nitrogens is 2. The van der Waals surface area contributed by atoms with Gasteiger partial charge in [0.15, 0.2) is 0 Å². The number of halogens is 1. The molecule has 1 aromatic carbocycles. The Morgan fingerprint density at radius 1 is 1.07 bits per heavy atom. The predicted octanol–water partition coefficient (Wildman–Crippen LogP) is 4.84. The number of urea groups is 1. The van der Waals surface area contributed by atoms with Crippen molar-refractivity contribution in [3.8, 4) is 0 Å². The fourth-order valence-corrected chi connectivity index (χ4v) is 4.96. The van der Waals surface area contributed by atoms with Crippen molar-refractivity contribution < 1.29 is 19.1 Å². The summed E-state index contributed by atoms with van der Waals surface area (Å²) in [7, 11) is 0. The van der Waals surface area contributed by atoms with Crippen LogP contribution in [0.3, 0.4) is 0 Å². The molecule has 0 spiro atoms. The van der Waals surface area contributed by atoms with Crippen LogP contribution in [0.2, 0.25) is 5.02 Å². The molecule has 1 aliphatic heterocycles. The maximum Gasteiger partial charge on any atom is 0.410 e. The van der Waals surface area contributed by atoms with Crippen molar-refractivity contribution in [3.05, 3.63) is 53.6 Å². The summed E-state index contributed by atoms with van der Waals surface area (Å²) in [6.07, 6.45) is 12.5. The van der Waals surface area contributed by atoms with Crippen LogP contribution < -0.4 is 10.6 Å². The van der Waals surface area contributed by atoms with Gasteiger partial charge in [-0.2, -0.15) is 0 Å². The molecule has 11 heteroatoms. The Bertz CT molecular complexity index is 1040. The Morgan fingerprint density at radius 3 is 2.30 bits per heavy atom. The van der Waals surface area contributed by atoms with Gasteiger partial charge in [-0.1, -0.05) is 43.0 Å². The number of amides is 4. The molecule has 40 heavy (non-hydrogen) atoms. The number of benzene rings is 1. The Kier molecular flexibility index (Phi) is 12.1. The summed E-state index contributed by atoms with van der Waals surface area (Å²) in [6.45, 7) is 8.40. The molecule has 2 heterocycles. The molecule has 2 aromatic rings. The lowest BCUT2D eigenvalue weighted by molar-refractivity contribution is -0.109. The summed E-state index contributed by atoms with van der Waals surface area (Å²) in [5.74, 6) is 0. The topological polar surface area (TPSA) is 109 Å². The average Bonchev–Trinajstić information content (AvgIpc) is 3.47. The fraction of sp³-hybridized carbons (Fsp3) is 0.586. The zero-order valence-corrected chi connectivity index (χ0v) is 24.6. The normalized spacial score (nSPS) is 16.8. The number of carbonyl (C=O) groups is 3. The van der Waals surface area contributed by atoms with E-state index in [1.54, 1.807) is 22.3 Å². The van der Waals surface area contributed by atoms with Crippen molar-refractivity contribution in [2.75, 3.05) is 32.7 Å². The van der Waals surface area contributed by atoms with E-state index in [1.165, 1.54) is 19.3 Å². The van der Waals surface area contributed by atoms with E-state index in [0.717, 1.165) is 24.8 Å². The molecule has 1 unspecified atom stereocenters. The summed E-state index contributed by atoms with van der Waals surface area (Å²) in [5, 5.41) is 6.52. The van der Waals surface area contributed by atoms with Gasteiger partial charge in [0.1, 0.15) is 5.60 Å². The largest absolute Gasteiger partial charge is 0.444 e. The van der Waals surface area contributed by atoms with E-state index in [0.29, 0.717) is 50.2 Å². The van der Waals surface area contributed by atoms with Crippen molar-refractivity contribution in [2.24, 2.45) is 0 Å². The van der Waals surface area contributed by atoms with Gasteiger partial charge in [-0.05, 0) is 57.7 Å². The van der Waals surface area contributed by atoms with E-state index < -0.39 is 5.60 Å². The molecule has 4 amide bonds. The van der Waals surface area contributed by atoms with Crippen molar-refractivity contribution in [1.29, 1.82) is 0 Å². The number of nitrogens with one attached hydrogen (secondary N) is 2. The smallest absolute Gasteiger partial charge is 0.410 e. The van der Waals surface area contributed by atoms with E-state index in [1.807, 2.05) is 55.8 Å². The lowest BCUT2D eigenvalue weighted by Crippen LogP contribution is -2.55. The molecule has 1 aliphatic carbocycles. The van der Waals surface area contributed by atoms with Crippen LogP contribution in [0.25, 0.3) is 0 Å². The van der Waals surface area contributed by atoms with Crippen molar-refractivity contribution >= 4 is 30.1 Å². The van der Waals surface area contributed by atoms with E-state index in [-0.39, 0.29) is 18.2 Å². The molecular formula is C29H43ClN6O4. The minimum Gasteiger partial charge on any atom is -0.444 e. The summed E-state index contributed by atoms with van der Waals surface area (Å²) in [6, 6.07) is 8.21. The van der Waals surface area contributed by atoms with Crippen molar-refractivity contribution in [3.63, 3.8) is 0 Å². The lowest BCUT2D eigenvalue weighted by atomic mass is 9.96. The Balaban J connectivity index is 0.000000225. The summed E-state index contributed by atoms with van der Waals surface area (Å²) in [5.41, 5.74) is 0.664. The second-order valence-corrected chi connectivity index (χ2v) is 11.6. The molecule has 2 N–H and O–H groups in total. The monoisotopic (exact) mass is 574 g/mol. The SMILES string of the molecule is CC(C)(C)OC(=O)N1CCN(C(=O)NC2CCCCC2)CC1.O=CNCCC(c1ccc(Cl)cc1)n1ccnc1. The highest BCUT2D eigenvalue weighted by Crippen LogP contribution is 2.23. The standard InChI is InChI=1S/C16H29N3O3.C13H14ClN3O/c1-16(2,3)22-15(21)19-11-9-18(10-12-19)14(20)17-13-7-5-4-6-8-13;14-12-3-1-11(2-4-12)13(5-6-16-10-18)17-8-7-15-9-17/h13H,4-12H2,1-3H3,(H,17,20);1-4,7-10,13H,5-6H2,(H,16,18). The number of piperazine rings is 1. The molecule has 1 atom stereocenters. The first kappa shape index (κ1) is 31.3. The van der Waals surface area contributed by atoms with Gasteiger partial charge in [0.2, 0.25) is 6.41 Å². The van der Waals surface area contributed by atoms with Crippen molar-refractivity contribution in [1.82, 2.24) is 30.0 Å². The van der Waals surface area contributed by atoms with Crippen LogP contribution in [0.4, 0.5) is 9.59 Å². The highest BCUT2D eigenvalue weighted by molar-refractivity contribution is 6.30. The number of ether oxygens (including phenoxy) is 1. The highest BCUT2D eigenvalue weighted by atomic mass is 35.5. The number of hydrogen-bond donors (Lipinski definition) is 2. The number of rotatable bonds is 7. The third-order valence-corrected chi connectivity index (χ3v) is 7.19. The molecule has 1 saturated heterocycles. The van der Waals surface area contributed by atoms with Gasteiger partial charge in [0.05, 0.1) is 12.4 Å². The third-order valence-electron chi connectivity index (χ3n) is 6.94. The van der Waals surface area contributed by atoms with Gasteiger partial charge in [-0.15, -0.1) is 0 Å². The third kappa shape index (κ3) is 10.4. The molecule has 2 fully saturated rings. The maximum atomic E-state index is 12.3. The zero-order valence-electron chi connectivity index (χ0n) is 23.9. The second kappa shape index (κ2) is 15.5. The van der Waals surface area contributed by atoms with Crippen molar-refractivity contribution in [2.45, 2.75) is 77.0 Å². The van der Waals surface area contributed by atoms with E-state index in [4.69, 9.17) is 16.3 Å². The minimum absolute atomic E-state index is 0.00994. The van der Waals surface area contributed by atoms with E-state index >= 15 is 0 Å². The van der Waals surface area contributed by atoms with Gasteiger partial charge < -0.3 is 29.7 Å². The Hall–Kier alpha value is -3.27. The number of hydrogen-bond acceptors (Lipinski definition) is 5. The molecule has 1 saturated carbocycles. The summed E-state index contributed by atoms with van der Waals surface area (Å²) in [4.78, 5) is 42.1. The average molecular weight is 575 g/mol. The molecule has 0 bridgehead atoms. The highest BCUT2D eigenvalue weighted by Gasteiger charge is 2.28. The van der Waals surface area contributed by atoms with Gasteiger partial charge in [0.25, 0.3) is 0 Å². The molecule has 4 rings (SSSR count). The zero-order chi connectivity index (χ0) is 29.0. The van der Waals surface area contributed by atoms with E-state index in [9.17, 15) is 14.4 Å². The molecule has 1 aromatic heterocycles. The molecule has 2 aliphatic rings. The van der Waals surface area contributed by atoms with Crippen LogP contribution in [0.5, 0.6) is 0 Å². The summed E-state index contributed by atoms with van der Waals surface area (Å²) >= 11 is 5.89. The number of carbonyl (C=O) groups excluding carboxylic acids is 3. The van der Waals surface area contributed by atoms with Crippen LogP contribution >= 0.6 is 11.6 Å². The number of imidazole rings is 1. The van der Waals surface area contributed by atoms with Crippen LogP contribution in [-0.4, -0.2) is 82.3 Å². The predicted molar refractivity (Wildman–Crippen MR) is 155 cm³/mol. The van der Waals surface area contributed by atoms with Crippen LogP contribution in [-0.2, 0) is 9.53 Å². The van der Waals surface area contributed by atoms with Gasteiger partial charge >= 0.3 is 12.1 Å². The Labute approximate surface area is 242 Å². The van der Waals surface area contributed by atoms with E-state index in [2.05, 4.69) is 15.6 Å². The fourth-order valence-electron chi connectivity index (χ4n) is 4.84. The van der Waals surface area contributed by atoms with Crippen LogP contribution in [0.15, 0.2) is 43.0 Å². The number of nitrogens with zero attached hydrogens (tertiary/aromatic N) is 4. The first-order valence-electron chi connectivity index (χ1n) is 14.1. The second-order valence-electron chi connectivity index (χ2n) is 11.2. The van der Waals surface area contributed by atoms with Crippen LogP contribution in [0.1, 0.15) is 70.9 Å². The molecule has 220 valence electrons. The minimum atomic E-state index is -0.480. The molecular weight excluding hydrogens is 532 g/mol. The first-order chi connectivity index (χ1) is 19.2. The maximum absolute atomic E-state index is 12.3.